The summed E-state index contributed by atoms with van der Waals surface area (Å²) in [4.78, 5) is 5.17. The van der Waals surface area contributed by atoms with E-state index in [1.165, 1.54) is 11.3 Å². The van der Waals surface area contributed by atoms with Crippen LogP contribution in [0.1, 0.15) is 19.7 Å². The Hall–Kier alpha value is -1.44. The first kappa shape index (κ1) is 14.0. The third-order valence-corrected chi connectivity index (χ3v) is 3.46. The molecule has 2 N–H and O–H groups in total. The van der Waals surface area contributed by atoms with Crippen LogP contribution in [-0.2, 0) is 10.3 Å². The van der Waals surface area contributed by atoms with E-state index in [0.717, 1.165) is 10.6 Å². The fourth-order valence-corrected chi connectivity index (χ4v) is 2.25. The molecular formula is C12H17N3O3S. The summed E-state index contributed by atoms with van der Waals surface area (Å²) in [5, 5.41) is 5.80. The maximum Gasteiger partial charge on any atom is 0.268 e. The zero-order chi connectivity index (χ0) is 13.9. The lowest BCUT2D eigenvalue weighted by Crippen LogP contribution is -2.39. The summed E-state index contributed by atoms with van der Waals surface area (Å²) < 4.78 is 15.7. The minimum atomic E-state index is -0.765. The van der Waals surface area contributed by atoms with Crippen LogP contribution in [0.15, 0.2) is 16.0 Å². The minimum absolute atomic E-state index is 0.343. The summed E-state index contributed by atoms with van der Waals surface area (Å²) in [6.45, 7) is 4.66. The van der Waals surface area contributed by atoms with Gasteiger partial charge in [0.15, 0.2) is 5.82 Å². The number of ether oxygens (including phenoxy) is 2. The Kier molecular flexibility index (Phi) is 4.18. The van der Waals surface area contributed by atoms with Gasteiger partial charge in [0.1, 0.15) is 11.3 Å². The van der Waals surface area contributed by atoms with Crippen LogP contribution < -0.4 is 10.5 Å². The molecule has 1 atom stereocenters. The molecule has 0 fully saturated rings. The van der Waals surface area contributed by atoms with Crippen molar-refractivity contribution in [2.45, 2.75) is 19.4 Å². The van der Waals surface area contributed by atoms with Crippen LogP contribution in [0.2, 0.25) is 0 Å². The molecule has 0 spiro atoms. The maximum atomic E-state index is 6.12. The van der Waals surface area contributed by atoms with Crippen molar-refractivity contribution in [3.63, 3.8) is 0 Å². The Morgan fingerprint density at radius 3 is 2.95 bits per heavy atom. The van der Waals surface area contributed by atoms with Gasteiger partial charge >= 0.3 is 0 Å². The van der Waals surface area contributed by atoms with E-state index in [2.05, 4.69) is 10.1 Å². The summed E-state index contributed by atoms with van der Waals surface area (Å²) >= 11 is 1.48. The highest BCUT2D eigenvalue weighted by Crippen LogP contribution is 2.30. The molecule has 2 aromatic rings. The lowest BCUT2D eigenvalue weighted by molar-refractivity contribution is 0.0962. The number of thiophene rings is 1. The average Bonchev–Trinajstić information content (AvgIpc) is 3.04. The Labute approximate surface area is 115 Å². The molecule has 104 valence electrons. The standard InChI is InChI=1S/C12H17N3O3S/c1-4-17-7-12(2,13)11-14-10(18-15-11)9-5-8(16-3)6-19-9/h5-6H,4,7,13H2,1-3H3. The smallest absolute Gasteiger partial charge is 0.268 e. The molecule has 0 aliphatic rings. The Balaban J connectivity index is 2.18. The second-order valence-corrected chi connectivity index (χ2v) is 5.24. The van der Waals surface area contributed by atoms with E-state index >= 15 is 0 Å². The first-order valence-electron chi connectivity index (χ1n) is 5.90. The minimum Gasteiger partial charge on any atom is -0.496 e. The predicted octanol–water partition coefficient (Wildman–Crippen LogP) is 2.02. The molecule has 0 saturated carbocycles. The summed E-state index contributed by atoms with van der Waals surface area (Å²) in [7, 11) is 1.62. The Morgan fingerprint density at radius 1 is 1.53 bits per heavy atom. The molecule has 2 rings (SSSR count). The quantitative estimate of drug-likeness (QED) is 0.873. The largest absolute Gasteiger partial charge is 0.496 e. The van der Waals surface area contributed by atoms with Crippen molar-refractivity contribution in [1.29, 1.82) is 0 Å². The molecule has 0 radical (unpaired) electrons. The van der Waals surface area contributed by atoms with Gasteiger partial charge in [-0.2, -0.15) is 4.98 Å². The Bertz CT molecular complexity index is 536. The third kappa shape index (κ3) is 3.12. The van der Waals surface area contributed by atoms with Crippen LogP contribution in [0.3, 0.4) is 0 Å². The van der Waals surface area contributed by atoms with E-state index in [4.69, 9.17) is 19.7 Å². The normalized spacial score (nSPS) is 14.3. The van der Waals surface area contributed by atoms with Crippen LogP contribution in [0, 0.1) is 0 Å². The number of hydrogen-bond acceptors (Lipinski definition) is 7. The fourth-order valence-electron chi connectivity index (χ4n) is 1.47. The molecule has 0 saturated heterocycles. The summed E-state index contributed by atoms with van der Waals surface area (Å²) in [5.74, 6) is 1.64. The zero-order valence-corrected chi connectivity index (χ0v) is 12.0. The van der Waals surface area contributed by atoms with Gasteiger partial charge in [0.25, 0.3) is 5.89 Å². The van der Waals surface area contributed by atoms with E-state index in [9.17, 15) is 0 Å². The van der Waals surface area contributed by atoms with Crippen LogP contribution in [0.5, 0.6) is 5.75 Å². The van der Waals surface area contributed by atoms with Crippen LogP contribution in [0.25, 0.3) is 10.8 Å². The monoisotopic (exact) mass is 283 g/mol. The fraction of sp³-hybridized carbons (Fsp3) is 0.500. The van der Waals surface area contributed by atoms with Crippen molar-refractivity contribution in [1.82, 2.24) is 10.1 Å². The lowest BCUT2D eigenvalue weighted by Gasteiger charge is -2.19. The van der Waals surface area contributed by atoms with Gasteiger partial charge in [-0.1, -0.05) is 5.16 Å². The summed E-state index contributed by atoms with van der Waals surface area (Å²) in [5.41, 5.74) is 5.35. The van der Waals surface area contributed by atoms with E-state index in [1.54, 1.807) is 7.11 Å². The van der Waals surface area contributed by atoms with E-state index in [1.807, 2.05) is 25.3 Å². The summed E-state index contributed by atoms with van der Waals surface area (Å²) in [6, 6.07) is 1.85. The molecular weight excluding hydrogens is 266 g/mol. The number of nitrogens with zero attached hydrogens (tertiary/aromatic N) is 2. The van der Waals surface area contributed by atoms with E-state index in [-0.39, 0.29) is 0 Å². The molecule has 6 nitrogen and oxygen atoms in total. The predicted molar refractivity (Wildman–Crippen MR) is 72.2 cm³/mol. The van der Waals surface area contributed by atoms with Crippen molar-refractivity contribution in [3.05, 3.63) is 17.3 Å². The van der Waals surface area contributed by atoms with Crippen LogP contribution in [0.4, 0.5) is 0 Å². The Morgan fingerprint density at radius 2 is 2.32 bits per heavy atom. The van der Waals surface area contributed by atoms with Gasteiger partial charge < -0.3 is 19.7 Å². The number of nitrogens with two attached hydrogens (primary N) is 1. The molecule has 0 aliphatic heterocycles. The second-order valence-electron chi connectivity index (χ2n) is 4.33. The van der Waals surface area contributed by atoms with Crippen molar-refractivity contribution >= 4 is 11.3 Å². The van der Waals surface area contributed by atoms with Crippen molar-refractivity contribution in [3.8, 4) is 16.5 Å². The van der Waals surface area contributed by atoms with Gasteiger partial charge in [-0.25, -0.2) is 0 Å². The van der Waals surface area contributed by atoms with Gasteiger partial charge in [-0.3, -0.25) is 0 Å². The van der Waals surface area contributed by atoms with E-state index < -0.39 is 5.54 Å². The number of aromatic nitrogens is 2. The SMILES string of the molecule is CCOCC(C)(N)c1noc(-c2cc(OC)cs2)n1. The van der Waals surface area contributed by atoms with Crippen LogP contribution in [-0.4, -0.2) is 30.5 Å². The molecule has 0 amide bonds. The molecule has 0 aliphatic carbocycles. The maximum absolute atomic E-state index is 6.12. The molecule has 1 unspecified atom stereocenters. The van der Waals surface area contributed by atoms with Crippen LogP contribution >= 0.6 is 11.3 Å². The molecule has 19 heavy (non-hydrogen) atoms. The number of methoxy groups -OCH3 is 1. The lowest BCUT2D eigenvalue weighted by atomic mass is 10.1. The molecule has 2 aromatic heterocycles. The zero-order valence-electron chi connectivity index (χ0n) is 11.2. The van der Waals surface area contributed by atoms with Gasteiger partial charge in [0.2, 0.25) is 0 Å². The van der Waals surface area contributed by atoms with Crippen molar-refractivity contribution < 1.29 is 14.0 Å². The first-order chi connectivity index (χ1) is 9.06. The highest BCUT2D eigenvalue weighted by atomic mass is 32.1. The van der Waals surface area contributed by atoms with Gasteiger partial charge in [-0.15, -0.1) is 11.3 Å². The topological polar surface area (TPSA) is 83.4 Å². The second kappa shape index (κ2) is 5.68. The van der Waals surface area contributed by atoms with Gasteiger partial charge in [-0.05, 0) is 13.8 Å². The average molecular weight is 283 g/mol. The molecule has 0 bridgehead atoms. The van der Waals surface area contributed by atoms with Gasteiger partial charge in [0.05, 0.1) is 18.6 Å². The summed E-state index contributed by atoms with van der Waals surface area (Å²) in [6.07, 6.45) is 0. The first-order valence-corrected chi connectivity index (χ1v) is 6.78. The number of rotatable bonds is 6. The third-order valence-electron chi connectivity index (χ3n) is 2.56. The van der Waals surface area contributed by atoms with Crippen molar-refractivity contribution in [2.75, 3.05) is 20.3 Å². The van der Waals surface area contributed by atoms with E-state index in [0.29, 0.717) is 24.9 Å². The molecule has 2 heterocycles. The van der Waals surface area contributed by atoms with Gasteiger partial charge in [0, 0.05) is 18.1 Å². The highest BCUT2D eigenvalue weighted by Gasteiger charge is 2.28. The van der Waals surface area contributed by atoms with Crippen molar-refractivity contribution in [2.24, 2.45) is 5.73 Å². The molecule has 7 heteroatoms. The number of hydrogen-bond donors (Lipinski definition) is 1. The highest BCUT2D eigenvalue weighted by molar-refractivity contribution is 7.13. The molecule has 0 aromatic carbocycles.